The fraction of sp³-hybridized carbons (Fsp3) is 0. The lowest BCUT2D eigenvalue weighted by Crippen LogP contribution is -2.12. The average molecular weight is 208 g/mol. The zero-order valence-electron chi connectivity index (χ0n) is 7.15. The van der Waals surface area contributed by atoms with Crippen LogP contribution in [-0.2, 0) is 0 Å². The summed E-state index contributed by atoms with van der Waals surface area (Å²) in [4.78, 5) is 11.5. The number of amides is 1. The van der Waals surface area contributed by atoms with Crippen LogP contribution in [-0.4, -0.2) is 16.1 Å². The van der Waals surface area contributed by atoms with Crippen molar-refractivity contribution in [3.63, 3.8) is 0 Å². The lowest BCUT2D eigenvalue weighted by Gasteiger charge is -2.00. The Morgan fingerprint density at radius 1 is 1.64 bits per heavy atom. The summed E-state index contributed by atoms with van der Waals surface area (Å²) in [6.45, 7) is 0. The summed E-state index contributed by atoms with van der Waals surface area (Å²) in [5.74, 6) is 0.239. The highest BCUT2D eigenvalue weighted by atomic mass is 32.1. The number of H-pyrrole nitrogens is 1. The molecule has 0 fully saturated rings. The summed E-state index contributed by atoms with van der Waals surface area (Å²) < 4.78 is 0. The molecule has 0 unspecified atom stereocenters. The van der Waals surface area contributed by atoms with Gasteiger partial charge in [-0.25, -0.2) is 0 Å². The third-order valence-electron chi connectivity index (χ3n) is 1.69. The zero-order valence-corrected chi connectivity index (χ0v) is 7.97. The summed E-state index contributed by atoms with van der Waals surface area (Å²) in [7, 11) is 0. The van der Waals surface area contributed by atoms with Gasteiger partial charge in [-0.05, 0) is 11.4 Å². The summed E-state index contributed by atoms with van der Waals surface area (Å²) in [6, 6.07) is 1.74. The molecule has 0 bridgehead atoms. The Bertz CT molecular complexity index is 434. The molecule has 0 aliphatic rings. The molecule has 0 aromatic carbocycles. The molecule has 0 saturated heterocycles. The Hall–Kier alpha value is -1.82. The van der Waals surface area contributed by atoms with Gasteiger partial charge < -0.3 is 11.1 Å². The highest BCUT2D eigenvalue weighted by Crippen LogP contribution is 2.14. The summed E-state index contributed by atoms with van der Waals surface area (Å²) >= 11 is 1.47. The van der Waals surface area contributed by atoms with Gasteiger partial charge in [0.25, 0.3) is 5.91 Å². The predicted molar refractivity (Wildman–Crippen MR) is 55.3 cm³/mol. The van der Waals surface area contributed by atoms with E-state index in [0.717, 1.165) is 0 Å². The number of nitrogens with zero attached hydrogens (tertiary/aromatic N) is 1. The Labute approximate surface area is 83.9 Å². The van der Waals surface area contributed by atoms with Gasteiger partial charge in [-0.2, -0.15) is 16.4 Å². The van der Waals surface area contributed by atoms with E-state index < -0.39 is 0 Å². The molecule has 2 aromatic heterocycles. The number of nitrogens with one attached hydrogen (secondary N) is 2. The maximum absolute atomic E-state index is 11.5. The molecule has 0 atom stereocenters. The minimum absolute atomic E-state index is 0.192. The number of anilines is 2. The Balaban J connectivity index is 2.13. The van der Waals surface area contributed by atoms with Crippen LogP contribution in [0.15, 0.2) is 23.0 Å². The molecule has 0 saturated carbocycles. The minimum atomic E-state index is -0.192. The molecule has 0 radical (unpaired) electrons. The van der Waals surface area contributed by atoms with E-state index in [1.807, 2.05) is 5.38 Å². The number of aromatic nitrogens is 2. The van der Waals surface area contributed by atoms with Crippen molar-refractivity contribution in [3.8, 4) is 0 Å². The lowest BCUT2D eigenvalue weighted by atomic mass is 10.3. The average Bonchev–Trinajstić information content (AvgIpc) is 2.77. The number of hydrogen-bond donors (Lipinski definition) is 3. The number of aromatic amines is 1. The van der Waals surface area contributed by atoms with E-state index in [1.54, 1.807) is 11.4 Å². The maximum Gasteiger partial charge on any atom is 0.257 e. The van der Waals surface area contributed by atoms with Crippen molar-refractivity contribution in [1.29, 1.82) is 0 Å². The van der Waals surface area contributed by atoms with Crippen molar-refractivity contribution in [2.45, 2.75) is 0 Å². The smallest absolute Gasteiger partial charge is 0.257 e. The van der Waals surface area contributed by atoms with Crippen LogP contribution in [0.3, 0.4) is 0 Å². The topological polar surface area (TPSA) is 83.8 Å². The van der Waals surface area contributed by atoms with Gasteiger partial charge in [0, 0.05) is 5.38 Å². The van der Waals surface area contributed by atoms with E-state index in [2.05, 4.69) is 15.5 Å². The predicted octanol–water partition coefficient (Wildman–Crippen LogP) is 1.31. The van der Waals surface area contributed by atoms with Crippen LogP contribution in [0.25, 0.3) is 0 Å². The number of nitrogen functional groups attached to an aromatic ring is 1. The molecule has 2 heterocycles. The molecule has 2 rings (SSSR count). The lowest BCUT2D eigenvalue weighted by molar-refractivity contribution is 0.102. The molecule has 2 aromatic rings. The fourth-order valence-corrected chi connectivity index (χ4v) is 1.61. The van der Waals surface area contributed by atoms with Gasteiger partial charge in [0.1, 0.15) is 0 Å². The summed E-state index contributed by atoms with van der Waals surface area (Å²) in [5, 5.41) is 12.5. The number of thiophene rings is 1. The van der Waals surface area contributed by atoms with Crippen molar-refractivity contribution in [2.75, 3.05) is 11.1 Å². The van der Waals surface area contributed by atoms with Crippen LogP contribution in [0.2, 0.25) is 0 Å². The van der Waals surface area contributed by atoms with Gasteiger partial charge >= 0.3 is 0 Å². The third kappa shape index (κ3) is 1.60. The maximum atomic E-state index is 11.5. The highest BCUT2D eigenvalue weighted by Gasteiger charge is 2.08. The van der Waals surface area contributed by atoms with Crippen molar-refractivity contribution in [3.05, 3.63) is 28.6 Å². The molecule has 0 aliphatic heterocycles. The van der Waals surface area contributed by atoms with Crippen LogP contribution in [0.1, 0.15) is 10.4 Å². The van der Waals surface area contributed by atoms with Crippen LogP contribution in [0, 0.1) is 0 Å². The fourth-order valence-electron chi connectivity index (χ4n) is 0.975. The molecule has 4 N–H and O–H groups in total. The van der Waals surface area contributed by atoms with Gasteiger partial charge in [0.05, 0.1) is 17.4 Å². The molecule has 0 spiro atoms. The third-order valence-corrected chi connectivity index (χ3v) is 2.37. The van der Waals surface area contributed by atoms with Crippen molar-refractivity contribution in [1.82, 2.24) is 10.2 Å². The van der Waals surface area contributed by atoms with E-state index >= 15 is 0 Å². The van der Waals surface area contributed by atoms with Crippen molar-refractivity contribution >= 4 is 28.7 Å². The molecular weight excluding hydrogens is 200 g/mol. The zero-order chi connectivity index (χ0) is 9.97. The number of carbonyl (C=O) groups excluding carboxylic acids is 1. The van der Waals surface area contributed by atoms with Crippen LogP contribution in [0.4, 0.5) is 11.5 Å². The van der Waals surface area contributed by atoms with Crippen molar-refractivity contribution < 1.29 is 4.79 Å². The van der Waals surface area contributed by atoms with Crippen LogP contribution in [0.5, 0.6) is 0 Å². The quantitative estimate of drug-likeness (QED) is 0.695. The molecule has 14 heavy (non-hydrogen) atoms. The largest absolute Gasteiger partial charge is 0.394 e. The van der Waals surface area contributed by atoms with Crippen LogP contribution < -0.4 is 11.1 Å². The van der Waals surface area contributed by atoms with E-state index in [-0.39, 0.29) is 5.91 Å². The first kappa shape index (κ1) is 8.76. The van der Waals surface area contributed by atoms with Gasteiger partial charge in [0.15, 0.2) is 5.82 Å². The van der Waals surface area contributed by atoms with Gasteiger partial charge in [-0.1, -0.05) is 0 Å². The molecule has 0 aliphatic carbocycles. The molecule has 1 amide bonds. The molecular formula is C8H8N4OS. The second kappa shape index (κ2) is 3.51. The standard InChI is InChI=1S/C8H8N4OS/c9-6-3-10-12-7(6)11-8(13)5-1-2-14-4-5/h1-4H,9H2,(H2,10,11,12,13). The van der Waals surface area contributed by atoms with E-state index in [4.69, 9.17) is 5.73 Å². The monoisotopic (exact) mass is 208 g/mol. The van der Waals surface area contributed by atoms with E-state index in [0.29, 0.717) is 17.1 Å². The number of nitrogens with two attached hydrogens (primary N) is 1. The summed E-state index contributed by atoms with van der Waals surface area (Å²) in [6.07, 6.45) is 1.45. The highest BCUT2D eigenvalue weighted by molar-refractivity contribution is 7.08. The van der Waals surface area contributed by atoms with E-state index in [9.17, 15) is 4.79 Å². The first-order valence-corrected chi connectivity index (χ1v) is 4.84. The second-order valence-corrected chi connectivity index (χ2v) is 3.45. The van der Waals surface area contributed by atoms with Gasteiger partial charge in [-0.15, -0.1) is 0 Å². The summed E-state index contributed by atoms with van der Waals surface area (Å²) in [5.41, 5.74) is 6.58. The van der Waals surface area contributed by atoms with Crippen molar-refractivity contribution in [2.24, 2.45) is 0 Å². The first-order valence-electron chi connectivity index (χ1n) is 3.90. The number of carbonyl (C=O) groups is 1. The molecule has 5 nitrogen and oxygen atoms in total. The molecule has 72 valence electrons. The van der Waals surface area contributed by atoms with Gasteiger partial charge in [0.2, 0.25) is 0 Å². The van der Waals surface area contributed by atoms with E-state index in [1.165, 1.54) is 17.5 Å². The Kier molecular flexibility index (Phi) is 2.19. The number of rotatable bonds is 2. The second-order valence-electron chi connectivity index (χ2n) is 2.67. The normalized spacial score (nSPS) is 10.0. The SMILES string of the molecule is Nc1cn[nH]c1NC(=O)c1ccsc1. The molecule has 6 heteroatoms. The van der Waals surface area contributed by atoms with Crippen LogP contribution >= 0.6 is 11.3 Å². The number of hydrogen-bond acceptors (Lipinski definition) is 4. The Morgan fingerprint density at radius 2 is 2.50 bits per heavy atom. The van der Waals surface area contributed by atoms with Gasteiger partial charge in [-0.3, -0.25) is 9.89 Å². The first-order chi connectivity index (χ1) is 6.77. The minimum Gasteiger partial charge on any atom is -0.394 e. The Morgan fingerprint density at radius 3 is 3.07 bits per heavy atom.